The molecule has 0 amide bonds. The van der Waals surface area contributed by atoms with Gasteiger partial charge in [0.25, 0.3) is 0 Å². The van der Waals surface area contributed by atoms with Crippen molar-refractivity contribution in [2.75, 3.05) is 0 Å². The van der Waals surface area contributed by atoms with Gasteiger partial charge in [0.1, 0.15) is 0 Å². The molecule has 1 N–H and O–H groups in total. The summed E-state index contributed by atoms with van der Waals surface area (Å²) >= 11 is 0. The lowest BCUT2D eigenvalue weighted by Crippen LogP contribution is -2.53. The highest BCUT2D eigenvalue weighted by molar-refractivity contribution is 5.13. The van der Waals surface area contributed by atoms with E-state index in [0.29, 0.717) is 6.42 Å². The van der Waals surface area contributed by atoms with Crippen LogP contribution in [-0.4, -0.2) is 17.3 Å². The normalized spacial score (nSPS) is 21.4. The maximum atomic E-state index is 13.1. The number of hydrogen-bond acceptors (Lipinski definition) is 2. The Morgan fingerprint density at radius 3 is 2.47 bits per heavy atom. The number of benzene rings is 1. The van der Waals surface area contributed by atoms with Gasteiger partial charge in [0, 0.05) is 18.3 Å². The molecule has 0 radical (unpaired) electrons. The van der Waals surface area contributed by atoms with Crippen LogP contribution >= 0.6 is 0 Å². The largest absolute Gasteiger partial charge is 0.367 e. The molecule has 4 heteroatoms. The Morgan fingerprint density at radius 1 is 1.32 bits per heavy atom. The molecule has 0 aromatic heterocycles. The van der Waals surface area contributed by atoms with Crippen LogP contribution in [0.15, 0.2) is 43.0 Å². The first kappa shape index (κ1) is 14.2. The number of ether oxygens (including phenoxy) is 1. The smallest absolute Gasteiger partial charge is 0.249 e. The molecule has 1 atom stereocenters. The summed E-state index contributed by atoms with van der Waals surface area (Å²) < 4.78 is 31.5. The van der Waals surface area contributed by atoms with Crippen molar-refractivity contribution in [3.05, 3.63) is 48.6 Å². The number of aliphatic hydroxyl groups excluding tert-OH is 1. The third-order valence-electron chi connectivity index (χ3n) is 3.55. The van der Waals surface area contributed by atoms with Crippen molar-refractivity contribution in [3.8, 4) is 0 Å². The predicted octanol–water partition coefficient (Wildman–Crippen LogP) is 3.51. The number of halogens is 2. The summed E-state index contributed by atoms with van der Waals surface area (Å²) in [4.78, 5) is 0. The van der Waals surface area contributed by atoms with Gasteiger partial charge < -0.3 is 9.84 Å². The first-order valence-electron chi connectivity index (χ1n) is 6.30. The number of allylic oxidation sites excluding steroid dienone is 1. The summed E-state index contributed by atoms with van der Waals surface area (Å²) in [7, 11) is 0. The van der Waals surface area contributed by atoms with Gasteiger partial charge in [0.05, 0.1) is 6.61 Å². The maximum absolute atomic E-state index is 13.1. The van der Waals surface area contributed by atoms with E-state index in [0.717, 1.165) is 5.56 Å². The number of hydrogen-bond donors (Lipinski definition) is 1. The minimum atomic E-state index is -2.69. The van der Waals surface area contributed by atoms with Crippen LogP contribution in [0.1, 0.15) is 24.8 Å². The van der Waals surface area contributed by atoms with Crippen LogP contribution in [0.3, 0.4) is 0 Å². The van der Waals surface area contributed by atoms with Crippen LogP contribution in [0.4, 0.5) is 8.78 Å². The first-order chi connectivity index (χ1) is 8.97. The van der Waals surface area contributed by atoms with Gasteiger partial charge in [-0.1, -0.05) is 36.4 Å². The molecule has 0 aliphatic heterocycles. The van der Waals surface area contributed by atoms with Gasteiger partial charge in [-0.3, -0.25) is 0 Å². The van der Waals surface area contributed by atoms with Crippen LogP contribution in [-0.2, 0) is 11.3 Å². The van der Waals surface area contributed by atoms with Gasteiger partial charge in [-0.05, 0) is 12.0 Å². The van der Waals surface area contributed by atoms with Gasteiger partial charge in [0.15, 0.2) is 6.29 Å². The molecular weight excluding hydrogens is 250 g/mol. The third kappa shape index (κ3) is 3.19. The van der Waals surface area contributed by atoms with Crippen molar-refractivity contribution in [2.24, 2.45) is 5.41 Å². The van der Waals surface area contributed by atoms with Gasteiger partial charge >= 0.3 is 0 Å². The minimum absolute atomic E-state index is 0.215. The Bertz CT molecular complexity index is 423. The molecule has 0 heterocycles. The quantitative estimate of drug-likeness (QED) is 0.632. The van der Waals surface area contributed by atoms with E-state index in [-0.39, 0.29) is 19.4 Å². The highest BCUT2D eigenvalue weighted by Gasteiger charge is 2.59. The van der Waals surface area contributed by atoms with Crippen LogP contribution in [0.5, 0.6) is 0 Å². The highest BCUT2D eigenvalue weighted by Crippen LogP contribution is 2.56. The molecule has 2 nitrogen and oxygen atoms in total. The van der Waals surface area contributed by atoms with Crippen molar-refractivity contribution in [1.29, 1.82) is 0 Å². The molecule has 0 bridgehead atoms. The Balaban J connectivity index is 1.94. The highest BCUT2D eigenvalue weighted by atomic mass is 19.3. The van der Waals surface area contributed by atoms with Crippen molar-refractivity contribution >= 4 is 0 Å². The van der Waals surface area contributed by atoms with E-state index in [4.69, 9.17) is 4.74 Å². The topological polar surface area (TPSA) is 29.5 Å². The Morgan fingerprint density at radius 2 is 1.95 bits per heavy atom. The van der Waals surface area contributed by atoms with E-state index in [2.05, 4.69) is 6.58 Å². The molecule has 0 spiro atoms. The molecule has 1 aliphatic rings. The lowest BCUT2D eigenvalue weighted by Gasteiger charge is -2.49. The lowest BCUT2D eigenvalue weighted by atomic mass is 9.63. The molecule has 1 saturated carbocycles. The van der Waals surface area contributed by atoms with E-state index in [1.807, 2.05) is 30.3 Å². The zero-order valence-corrected chi connectivity index (χ0v) is 10.7. The van der Waals surface area contributed by atoms with Crippen LogP contribution in [0.2, 0.25) is 0 Å². The Kier molecular flexibility index (Phi) is 4.02. The molecule has 1 fully saturated rings. The zero-order valence-electron chi connectivity index (χ0n) is 10.7. The molecule has 1 unspecified atom stereocenters. The summed E-state index contributed by atoms with van der Waals surface area (Å²) in [5.41, 5.74) is 0.0152. The molecule has 2 rings (SSSR count). The van der Waals surface area contributed by atoms with E-state index in [1.165, 1.54) is 0 Å². The van der Waals surface area contributed by atoms with E-state index in [9.17, 15) is 13.9 Å². The Labute approximate surface area is 111 Å². The molecular formula is C15H18F2O2. The van der Waals surface area contributed by atoms with E-state index >= 15 is 0 Å². The van der Waals surface area contributed by atoms with Crippen molar-refractivity contribution in [2.45, 2.75) is 38.1 Å². The Hall–Kier alpha value is -1.26. The number of aliphatic hydroxyl groups is 1. The summed E-state index contributed by atoms with van der Waals surface area (Å²) in [6.45, 7) is 3.78. The fourth-order valence-corrected chi connectivity index (χ4v) is 2.61. The first-order valence-corrected chi connectivity index (χ1v) is 6.30. The average Bonchev–Trinajstić information content (AvgIpc) is 2.35. The summed E-state index contributed by atoms with van der Waals surface area (Å²) in [6, 6.07) is 9.33. The van der Waals surface area contributed by atoms with Gasteiger partial charge in [-0.25, -0.2) is 8.78 Å². The second-order valence-corrected chi connectivity index (χ2v) is 5.21. The fraction of sp³-hybridized carbons (Fsp3) is 0.467. The second kappa shape index (κ2) is 5.39. The monoisotopic (exact) mass is 268 g/mol. The predicted molar refractivity (Wildman–Crippen MR) is 68.7 cm³/mol. The number of rotatable bonds is 6. The summed E-state index contributed by atoms with van der Waals surface area (Å²) in [5, 5.41) is 10.0. The zero-order chi connectivity index (χ0) is 13.9. The van der Waals surface area contributed by atoms with Gasteiger partial charge in [0.2, 0.25) is 5.92 Å². The molecule has 1 aromatic carbocycles. The van der Waals surface area contributed by atoms with Crippen molar-refractivity contribution in [3.63, 3.8) is 0 Å². The molecule has 1 aliphatic carbocycles. The van der Waals surface area contributed by atoms with Gasteiger partial charge in [-0.2, -0.15) is 0 Å². The van der Waals surface area contributed by atoms with Crippen molar-refractivity contribution in [1.82, 2.24) is 0 Å². The van der Waals surface area contributed by atoms with Crippen LogP contribution in [0, 0.1) is 5.41 Å². The number of alkyl halides is 2. The third-order valence-corrected chi connectivity index (χ3v) is 3.55. The SMILES string of the molecule is C=CCC1(C(O)OCc2ccccc2)CC(F)(F)C1. The minimum Gasteiger partial charge on any atom is -0.367 e. The molecule has 104 valence electrons. The van der Waals surface area contributed by atoms with Crippen LogP contribution in [0.25, 0.3) is 0 Å². The van der Waals surface area contributed by atoms with Gasteiger partial charge in [-0.15, -0.1) is 6.58 Å². The van der Waals surface area contributed by atoms with Crippen LogP contribution < -0.4 is 0 Å². The molecule has 19 heavy (non-hydrogen) atoms. The van der Waals surface area contributed by atoms with Crippen molar-refractivity contribution < 1.29 is 18.6 Å². The summed E-state index contributed by atoms with van der Waals surface area (Å²) in [5.74, 6) is -2.69. The summed E-state index contributed by atoms with van der Waals surface area (Å²) in [6.07, 6.45) is 0.0117. The average molecular weight is 268 g/mol. The molecule has 1 aromatic rings. The molecule has 0 saturated heterocycles. The fourth-order valence-electron chi connectivity index (χ4n) is 2.61. The second-order valence-electron chi connectivity index (χ2n) is 5.21. The van der Waals surface area contributed by atoms with E-state index in [1.54, 1.807) is 6.08 Å². The maximum Gasteiger partial charge on any atom is 0.249 e. The lowest BCUT2D eigenvalue weighted by molar-refractivity contribution is -0.271. The van der Waals surface area contributed by atoms with E-state index < -0.39 is 17.6 Å². The standard InChI is InChI=1S/C15H18F2O2/c1-2-8-14(10-15(16,17)11-14)13(18)19-9-12-6-4-3-5-7-12/h2-7,13,18H,1,8-11H2.